The monoisotopic (exact) mass is 222 g/mol. The van der Waals surface area contributed by atoms with Crippen molar-refractivity contribution in [2.24, 2.45) is 5.92 Å². The van der Waals surface area contributed by atoms with Crippen LogP contribution in [0.25, 0.3) is 0 Å². The summed E-state index contributed by atoms with van der Waals surface area (Å²) in [5.41, 5.74) is 0.366. The molecule has 80 valence electrons. The first kappa shape index (κ1) is 11.9. The molecule has 0 aliphatic carbocycles. The minimum atomic E-state index is -0.548. The van der Waals surface area contributed by atoms with Crippen molar-refractivity contribution in [3.63, 3.8) is 0 Å². The van der Waals surface area contributed by atoms with Crippen molar-refractivity contribution < 1.29 is 0 Å². The normalized spacial score (nSPS) is 14.4. The highest BCUT2D eigenvalue weighted by Gasteiger charge is 2.27. The van der Waals surface area contributed by atoms with Gasteiger partial charge in [-0.05, 0) is 37.1 Å². The van der Waals surface area contributed by atoms with Crippen LogP contribution in [0.3, 0.4) is 0 Å². The number of benzene rings is 1. The maximum atomic E-state index is 9.13. The lowest BCUT2D eigenvalue weighted by Gasteiger charge is -2.28. The molecule has 0 bridgehead atoms. The van der Waals surface area contributed by atoms with Gasteiger partial charge in [-0.15, -0.1) is 0 Å². The molecule has 1 rings (SSSR count). The Kier molecular flexibility index (Phi) is 3.60. The van der Waals surface area contributed by atoms with Crippen LogP contribution in [-0.4, -0.2) is 5.54 Å². The summed E-state index contributed by atoms with van der Waals surface area (Å²) in [5.74, 6) is 0.234. The van der Waals surface area contributed by atoms with Gasteiger partial charge >= 0.3 is 0 Å². The predicted molar refractivity (Wildman–Crippen MR) is 63.9 cm³/mol. The maximum Gasteiger partial charge on any atom is 0.124 e. The first-order valence-corrected chi connectivity index (χ1v) is 5.31. The van der Waals surface area contributed by atoms with Crippen LogP contribution in [0.2, 0.25) is 5.02 Å². The van der Waals surface area contributed by atoms with E-state index in [1.54, 1.807) is 0 Å². The molecule has 0 saturated heterocycles. The van der Waals surface area contributed by atoms with Gasteiger partial charge in [0.25, 0.3) is 0 Å². The molecule has 0 amide bonds. The SMILES string of the molecule is CC(C)[C@@](C)(C#N)Nc1ccc(Cl)cc1. The molecule has 0 spiro atoms. The van der Waals surface area contributed by atoms with E-state index in [0.717, 1.165) is 5.69 Å². The molecule has 0 unspecified atom stereocenters. The number of nitrogens with zero attached hydrogens (tertiary/aromatic N) is 1. The summed E-state index contributed by atoms with van der Waals surface area (Å²) < 4.78 is 0. The van der Waals surface area contributed by atoms with Crippen molar-refractivity contribution in [1.29, 1.82) is 5.26 Å². The molecular weight excluding hydrogens is 208 g/mol. The van der Waals surface area contributed by atoms with Gasteiger partial charge in [0, 0.05) is 10.7 Å². The molecule has 0 aliphatic rings. The highest BCUT2D eigenvalue weighted by Crippen LogP contribution is 2.23. The Morgan fingerprint density at radius 3 is 2.27 bits per heavy atom. The first-order chi connectivity index (χ1) is 6.98. The van der Waals surface area contributed by atoms with Crippen molar-refractivity contribution in [1.82, 2.24) is 0 Å². The minimum absolute atomic E-state index is 0.234. The van der Waals surface area contributed by atoms with Crippen LogP contribution in [0.5, 0.6) is 0 Å². The molecule has 0 aromatic heterocycles. The molecule has 0 aliphatic heterocycles. The Labute approximate surface area is 95.9 Å². The van der Waals surface area contributed by atoms with Gasteiger partial charge in [-0.25, -0.2) is 0 Å². The number of hydrogen-bond donors (Lipinski definition) is 1. The van der Waals surface area contributed by atoms with E-state index in [1.165, 1.54) is 0 Å². The molecule has 0 fully saturated rings. The van der Waals surface area contributed by atoms with E-state index < -0.39 is 5.54 Å². The van der Waals surface area contributed by atoms with E-state index in [2.05, 4.69) is 11.4 Å². The second-order valence-corrected chi connectivity index (χ2v) is 4.54. The summed E-state index contributed by atoms with van der Waals surface area (Å²) in [5, 5.41) is 13.0. The Morgan fingerprint density at radius 1 is 1.33 bits per heavy atom. The quantitative estimate of drug-likeness (QED) is 0.847. The number of hydrogen-bond acceptors (Lipinski definition) is 2. The van der Waals surface area contributed by atoms with Gasteiger partial charge in [-0.3, -0.25) is 0 Å². The van der Waals surface area contributed by atoms with Crippen molar-refractivity contribution in [3.05, 3.63) is 29.3 Å². The second kappa shape index (κ2) is 4.55. The van der Waals surface area contributed by atoms with Gasteiger partial charge in [-0.2, -0.15) is 5.26 Å². The van der Waals surface area contributed by atoms with Gasteiger partial charge in [0.2, 0.25) is 0 Å². The van der Waals surface area contributed by atoms with Gasteiger partial charge in [-0.1, -0.05) is 25.4 Å². The third-order valence-corrected chi connectivity index (χ3v) is 2.89. The lowest BCUT2D eigenvalue weighted by molar-refractivity contribution is 0.464. The molecule has 0 heterocycles. The number of anilines is 1. The van der Waals surface area contributed by atoms with E-state index in [0.29, 0.717) is 5.02 Å². The summed E-state index contributed by atoms with van der Waals surface area (Å²) in [6.07, 6.45) is 0. The number of nitriles is 1. The van der Waals surface area contributed by atoms with Gasteiger partial charge in [0.05, 0.1) is 6.07 Å². The minimum Gasteiger partial charge on any atom is -0.367 e. The third-order valence-electron chi connectivity index (χ3n) is 2.64. The fourth-order valence-corrected chi connectivity index (χ4v) is 1.26. The van der Waals surface area contributed by atoms with E-state index in [9.17, 15) is 0 Å². The predicted octanol–water partition coefficient (Wildman–Crippen LogP) is 3.69. The van der Waals surface area contributed by atoms with Crippen molar-refractivity contribution in [3.8, 4) is 6.07 Å². The lowest BCUT2D eigenvalue weighted by atomic mass is 9.90. The van der Waals surface area contributed by atoms with E-state index >= 15 is 0 Å². The third kappa shape index (κ3) is 2.87. The van der Waals surface area contributed by atoms with Crippen molar-refractivity contribution >= 4 is 17.3 Å². The van der Waals surface area contributed by atoms with Crippen LogP contribution >= 0.6 is 11.6 Å². The molecule has 1 aromatic rings. The zero-order chi connectivity index (χ0) is 11.5. The van der Waals surface area contributed by atoms with Crippen LogP contribution in [0.4, 0.5) is 5.69 Å². The molecule has 1 atom stereocenters. The summed E-state index contributed by atoms with van der Waals surface area (Å²) >= 11 is 5.79. The van der Waals surface area contributed by atoms with Crippen molar-refractivity contribution in [2.75, 3.05) is 5.32 Å². The molecule has 3 heteroatoms. The van der Waals surface area contributed by atoms with E-state index in [1.807, 2.05) is 45.0 Å². The highest BCUT2D eigenvalue weighted by atomic mass is 35.5. The zero-order valence-corrected chi connectivity index (χ0v) is 9.97. The summed E-state index contributed by atoms with van der Waals surface area (Å²) in [4.78, 5) is 0. The maximum absolute atomic E-state index is 9.13. The zero-order valence-electron chi connectivity index (χ0n) is 9.21. The average molecular weight is 223 g/mol. The smallest absolute Gasteiger partial charge is 0.124 e. The van der Waals surface area contributed by atoms with Crippen LogP contribution < -0.4 is 5.32 Å². The van der Waals surface area contributed by atoms with Gasteiger partial charge in [0.15, 0.2) is 0 Å². The molecule has 1 N–H and O–H groups in total. The van der Waals surface area contributed by atoms with E-state index in [-0.39, 0.29) is 5.92 Å². The van der Waals surface area contributed by atoms with Crippen LogP contribution in [0.1, 0.15) is 20.8 Å². The Hall–Kier alpha value is -1.20. The fraction of sp³-hybridized carbons (Fsp3) is 0.417. The van der Waals surface area contributed by atoms with Crippen LogP contribution in [-0.2, 0) is 0 Å². The van der Waals surface area contributed by atoms with Gasteiger partial charge in [0.1, 0.15) is 5.54 Å². The number of rotatable bonds is 3. The summed E-state index contributed by atoms with van der Waals surface area (Å²) in [7, 11) is 0. The summed E-state index contributed by atoms with van der Waals surface area (Å²) in [6, 6.07) is 9.66. The standard InChI is InChI=1S/C12H15ClN2/c1-9(2)12(3,8-14)15-11-6-4-10(13)5-7-11/h4-7,9,15H,1-3H3/t12-/m1/s1. The molecule has 15 heavy (non-hydrogen) atoms. The molecule has 2 nitrogen and oxygen atoms in total. The van der Waals surface area contributed by atoms with Crippen molar-refractivity contribution in [2.45, 2.75) is 26.3 Å². The summed E-state index contributed by atoms with van der Waals surface area (Å²) in [6.45, 7) is 5.94. The Bertz CT molecular complexity index is 364. The number of nitrogens with one attached hydrogen (secondary N) is 1. The Balaban J connectivity index is 2.85. The molecular formula is C12H15ClN2. The average Bonchev–Trinajstić information content (AvgIpc) is 2.21. The molecule has 0 saturated carbocycles. The van der Waals surface area contributed by atoms with Gasteiger partial charge < -0.3 is 5.32 Å². The largest absolute Gasteiger partial charge is 0.367 e. The first-order valence-electron chi connectivity index (χ1n) is 4.93. The van der Waals surface area contributed by atoms with Crippen LogP contribution in [0, 0.1) is 17.2 Å². The lowest BCUT2D eigenvalue weighted by Crippen LogP contribution is -2.38. The Morgan fingerprint density at radius 2 is 1.87 bits per heavy atom. The topological polar surface area (TPSA) is 35.8 Å². The second-order valence-electron chi connectivity index (χ2n) is 4.10. The highest BCUT2D eigenvalue weighted by molar-refractivity contribution is 6.30. The molecule has 1 aromatic carbocycles. The van der Waals surface area contributed by atoms with Crippen LogP contribution in [0.15, 0.2) is 24.3 Å². The number of halogens is 1. The fourth-order valence-electron chi connectivity index (χ4n) is 1.13. The molecule has 0 radical (unpaired) electrons. The van der Waals surface area contributed by atoms with E-state index in [4.69, 9.17) is 16.9 Å².